The van der Waals surface area contributed by atoms with Crippen LogP contribution in [0.4, 0.5) is 8.78 Å². The summed E-state index contributed by atoms with van der Waals surface area (Å²) in [5.41, 5.74) is 6.29. The van der Waals surface area contributed by atoms with Gasteiger partial charge in [-0.25, -0.2) is 8.78 Å². The van der Waals surface area contributed by atoms with Crippen LogP contribution in [0.2, 0.25) is 0 Å². The fourth-order valence-corrected chi connectivity index (χ4v) is 1.52. The van der Waals surface area contributed by atoms with Crippen molar-refractivity contribution in [3.63, 3.8) is 0 Å². The lowest BCUT2D eigenvalue weighted by molar-refractivity contribution is 0.418. The van der Waals surface area contributed by atoms with E-state index in [1.807, 2.05) is 13.8 Å². The first-order chi connectivity index (χ1) is 6.99. The van der Waals surface area contributed by atoms with E-state index in [-0.39, 0.29) is 11.5 Å². The zero-order valence-electron chi connectivity index (χ0n) is 9.35. The molecule has 15 heavy (non-hydrogen) atoms. The highest BCUT2D eigenvalue weighted by atomic mass is 19.1. The van der Waals surface area contributed by atoms with Gasteiger partial charge in [-0.05, 0) is 24.5 Å². The maximum Gasteiger partial charge on any atom is 0.133 e. The second-order valence-corrected chi connectivity index (χ2v) is 4.00. The van der Waals surface area contributed by atoms with E-state index >= 15 is 0 Å². The molecule has 0 radical (unpaired) electrons. The smallest absolute Gasteiger partial charge is 0.133 e. The summed E-state index contributed by atoms with van der Waals surface area (Å²) in [6.07, 6.45) is 0.800. The van der Waals surface area contributed by atoms with Crippen LogP contribution in [-0.2, 0) is 0 Å². The Morgan fingerprint density at radius 2 is 1.93 bits per heavy atom. The highest BCUT2D eigenvalue weighted by molar-refractivity contribution is 5.29. The van der Waals surface area contributed by atoms with E-state index in [2.05, 4.69) is 0 Å². The molecule has 0 saturated heterocycles. The molecule has 0 aromatic heterocycles. The first-order valence-electron chi connectivity index (χ1n) is 5.19. The van der Waals surface area contributed by atoms with Crippen LogP contribution in [0.1, 0.15) is 37.4 Å². The summed E-state index contributed by atoms with van der Waals surface area (Å²) in [6, 6.07) is 2.13. The van der Waals surface area contributed by atoms with E-state index in [4.69, 9.17) is 5.73 Å². The molecule has 84 valence electrons. The fourth-order valence-electron chi connectivity index (χ4n) is 1.52. The first kappa shape index (κ1) is 12.1. The molecule has 0 spiro atoms. The molecular formula is C12H17F2N. The van der Waals surface area contributed by atoms with Crippen molar-refractivity contribution in [2.75, 3.05) is 0 Å². The number of halogens is 2. The van der Waals surface area contributed by atoms with Crippen LogP contribution in [0, 0.1) is 24.5 Å². The number of hydrogen-bond acceptors (Lipinski definition) is 1. The topological polar surface area (TPSA) is 26.0 Å². The van der Waals surface area contributed by atoms with Crippen molar-refractivity contribution < 1.29 is 8.78 Å². The van der Waals surface area contributed by atoms with Crippen LogP contribution in [0.15, 0.2) is 12.1 Å². The van der Waals surface area contributed by atoms with Gasteiger partial charge in [0.05, 0.1) is 0 Å². The van der Waals surface area contributed by atoms with Crippen LogP contribution in [-0.4, -0.2) is 0 Å². The van der Waals surface area contributed by atoms with Crippen molar-refractivity contribution in [3.05, 3.63) is 34.9 Å². The van der Waals surface area contributed by atoms with Crippen molar-refractivity contribution in [3.8, 4) is 0 Å². The first-order valence-corrected chi connectivity index (χ1v) is 5.19. The third-order valence-corrected chi connectivity index (χ3v) is 2.91. The lowest BCUT2D eigenvalue weighted by Gasteiger charge is -2.20. The summed E-state index contributed by atoms with van der Waals surface area (Å²) in [7, 11) is 0. The Labute approximate surface area is 89.3 Å². The highest BCUT2D eigenvalue weighted by Gasteiger charge is 2.22. The van der Waals surface area contributed by atoms with Crippen molar-refractivity contribution in [2.24, 2.45) is 11.7 Å². The van der Waals surface area contributed by atoms with Gasteiger partial charge >= 0.3 is 0 Å². The molecule has 1 aromatic carbocycles. The number of aryl methyl sites for hydroxylation is 1. The Kier molecular flexibility index (Phi) is 3.80. The number of hydrogen-bond donors (Lipinski definition) is 1. The van der Waals surface area contributed by atoms with E-state index in [9.17, 15) is 8.78 Å². The molecule has 0 fully saturated rings. The molecular weight excluding hydrogens is 196 g/mol. The Morgan fingerprint density at radius 3 is 2.47 bits per heavy atom. The van der Waals surface area contributed by atoms with E-state index in [0.29, 0.717) is 5.56 Å². The molecule has 1 rings (SSSR count). The van der Waals surface area contributed by atoms with E-state index in [0.717, 1.165) is 6.42 Å². The minimum absolute atomic E-state index is 0.0179. The van der Waals surface area contributed by atoms with Crippen molar-refractivity contribution in [1.29, 1.82) is 0 Å². The molecule has 0 bridgehead atoms. The molecule has 0 aliphatic heterocycles. The second kappa shape index (κ2) is 4.71. The lowest BCUT2D eigenvalue weighted by Crippen LogP contribution is -2.21. The Hall–Kier alpha value is -0.960. The van der Waals surface area contributed by atoms with Crippen LogP contribution >= 0.6 is 0 Å². The quantitative estimate of drug-likeness (QED) is 0.819. The van der Waals surface area contributed by atoms with Gasteiger partial charge in [-0.1, -0.05) is 26.3 Å². The summed E-state index contributed by atoms with van der Waals surface area (Å²) >= 11 is 0. The monoisotopic (exact) mass is 213 g/mol. The molecule has 3 heteroatoms. The molecule has 1 nitrogen and oxygen atoms in total. The summed E-state index contributed by atoms with van der Waals surface area (Å²) in [5, 5.41) is 0. The van der Waals surface area contributed by atoms with Crippen LogP contribution in [0.25, 0.3) is 0 Å². The van der Waals surface area contributed by atoms with Gasteiger partial charge in [0.15, 0.2) is 0 Å². The highest BCUT2D eigenvalue weighted by Crippen LogP contribution is 2.27. The summed E-state index contributed by atoms with van der Waals surface area (Å²) in [5.74, 6) is -0.996. The maximum absolute atomic E-state index is 13.7. The summed E-state index contributed by atoms with van der Waals surface area (Å²) in [6.45, 7) is 5.46. The molecule has 0 amide bonds. The van der Waals surface area contributed by atoms with Gasteiger partial charge in [-0.15, -0.1) is 0 Å². The number of rotatable bonds is 3. The van der Waals surface area contributed by atoms with Crippen molar-refractivity contribution >= 4 is 0 Å². The molecule has 0 saturated carbocycles. The zero-order valence-corrected chi connectivity index (χ0v) is 9.35. The largest absolute Gasteiger partial charge is 0.324 e. The van der Waals surface area contributed by atoms with Crippen molar-refractivity contribution in [2.45, 2.75) is 33.2 Å². The standard InChI is InChI=1S/C12H17F2N/c1-4-7(2)12(15)10-9(13)6-5-8(3)11(10)14/h5-7,12H,4,15H2,1-3H3. The van der Waals surface area contributed by atoms with E-state index in [1.54, 1.807) is 6.92 Å². The van der Waals surface area contributed by atoms with Crippen molar-refractivity contribution in [1.82, 2.24) is 0 Å². The van der Waals surface area contributed by atoms with Gasteiger partial charge < -0.3 is 5.73 Å². The molecule has 0 aliphatic rings. The molecule has 0 heterocycles. The van der Waals surface area contributed by atoms with Crippen LogP contribution in [0.3, 0.4) is 0 Å². The third kappa shape index (κ3) is 2.34. The predicted octanol–water partition coefficient (Wildman–Crippen LogP) is 3.32. The normalized spacial score (nSPS) is 15.1. The summed E-state index contributed by atoms with van der Waals surface area (Å²) < 4.78 is 27.1. The van der Waals surface area contributed by atoms with Gasteiger partial charge in [0.25, 0.3) is 0 Å². The lowest BCUT2D eigenvalue weighted by atomic mass is 9.91. The predicted molar refractivity (Wildman–Crippen MR) is 57.5 cm³/mol. The second-order valence-electron chi connectivity index (χ2n) is 4.00. The minimum atomic E-state index is -0.574. The average molecular weight is 213 g/mol. The van der Waals surface area contributed by atoms with Crippen LogP contribution < -0.4 is 5.73 Å². The van der Waals surface area contributed by atoms with Gasteiger partial charge in [-0.3, -0.25) is 0 Å². The van der Waals surface area contributed by atoms with Gasteiger partial charge in [0.1, 0.15) is 11.6 Å². The SMILES string of the molecule is CCC(C)C(N)c1c(F)ccc(C)c1F. The van der Waals surface area contributed by atoms with Gasteiger partial charge in [-0.2, -0.15) is 0 Å². The molecule has 1 aromatic rings. The fraction of sp³-hybridized carbons (Fsp3) is 0.500. The zero-order chi connectivity index (χ0) is 11.6. The molecule has 2 unspecified atom stereocenters. The van der Waals surface area contributed by atoms with Gasteiger partial charge in [0.2, 0.25) is 0 Å². The Bertz CT molecular complexity index is 350. The molecule has 2 atom stereocenters. The maximum atomic E-state index is 13.7. The molecule has 2 N–H and O–H groups in total. The van der Waals surface area contributed by atoms with E-state index in [1.165, 1.54) is 12.1 Å². The molecule has 0 aliphatic carbocycles. The number of benzene rings is 1. The summed E-state index contributed by atoms with van der Waals surface area (Å²) in [4.78, 5) is 0. The third-order valence-electron chi connectivity index (χ3n) is 2.91. The Balaban J connectivity index is 3.18. The number of nitrogens with two attached hydrogens (primary N) is 1. The van der Waals surface area contributed by atoms with Crippen LogP contribution in [0.5, 0.6) is 0 Å². The minimum Gasteiger partial charge on any atom is -0.324 e. The van der Waals surface area contributed by atoms with Gasteiger partial charge in [0, 0.05) is 11.6 Å². The Morgan fingerprint density at radius 1 is 1.33 bits per heavy atom. The average Bonchev–Trinajstić information content (AvgIpc) is 2.22. The van der Waals surface area contributed by atoms with E-state index < -0.39 is 17.7 Å².